The van der Waals surface area contributed by atoms with Crippen LogP contribution < -0.4 is 5.32 Å². The van der Waals surface area contributed by atoms with E-state index in [1.165, 1.54) is 32.1 Å². The second kappa shape index (κ2) is 7.62. The quantitative estimate of drug-likeness (QED) is 0.908. The van der Waals surface area contributed by atoms with Crippen LogP contribution in [-0.4, -0.2) is 35.8 Å². The van der Waals surface area contributed by atoms with Crippen LogP contribution >= 0.6 is 0 Å². The zero-order valence-electron chi connectivity index (χ0n) is 13.7. The Kier molecular flexibility index (Phi) is 5.31. The van der Waals surface area contributed by atoms with Gasteiger partial charge in [-0.15, -0.1) is 0 Å². The molecule has 1 heterocycles. The highest BCUT2D eigenvalue weighted by atomic mass is 16.2. The molecular weight excluding hydrogens is 288 g/mol. The van der Waals surface area contributed by atoms with Gasteiger partial charge in [-0.25, -0.2) is 0 Å². The third-order valence-corrected chi connectivity index (χ3v) is 4.99. The maximum atomic E-state index is 12.2. The van der Waals surface area contributed by atoms with Crippen molar-refractivity contribution < 1.29 is 9.59 Å². The Morgan fingerprint density at radius 2 is 1.87 bits per heavy atom. The van der Waals surface area contributed by atoms with Gasteiger partial charge in [-0.05, 0) is 24.3 Å². The van der Waals surface area contributed by atoms with Crippen molar-refractivity contribution >= 4 is 11.8 Å². The van der Waals surface area contributed by atoms with Crippen LogP contribution in [0.4, 0.5) is 0 Å². The van der Waals surface area contributed by atoms with E-state index in [9.17, 15) is 9.59 Å². The highest BCUT2D eigenvalue weighted by Gasteiger charge is 2.32. The fourth-order valence-electron chi connectivity index (χ4n) is 3.79. The molecule has 4 heteroatoms. The van der Waals surface area contributed by atoms with E-state index in [1.807, 2.05) is 35.2 Å². The lowest BCUT2D eigenvalue weighted by Gasteiger charge is -2.27. The first kappa shape index (κ1) is 16.0. The highest BCUT2D eigenvalue weighted by Crippen LogP contribution is 2.26. The molecule has 1 atom stereocenters. The lowest BCUT2D eigenvalue weighted by atomic mass is 9.89. The van der Waals surface area contributed by atoms with Gasteiger partial charge in [0.1, 0.15) is 0 Å². The number of carbonyl (C=O) groups excluding carboxylic acids is 2. The number of carbonyl (C=O) groups is 2. The number of likely N-dealkylation sites (tertiary alicyclic amines) is 1. The molecule has 23 heavy (non-hydrogen) atoms. The number of rotatable bonds is 5. The van der Waals surface area contributed by atoms with Crippen LogP contribution in [0.25, 0.3) is 0 Å². The summed E-state index contributed by atoms with van der Waals surface area (Å²) in [5, 5.41) is 3.02. The van der Waals surface area contributed by atoms with Crippen LogP contribution in [-0.2, 0) is 16.0 Å². The standard InChI is InChI=1S/C19H26N2O2/c22-18(11-15-7-3-1-4-8-15)20-17-12-19(23)21(14-17)13-16-9-5-2-6-10-16/h1,3-4,7-8,16-17H,2,5-6,9-14H2,(H,20,22). The summed E-state index contributed by atoms with van der Waals surface area (Å²) in [6.45, 7) is 1.56. The van der Waals surface area contributed by atoms with E-state index in [-0.39, 0.29) is 17.9 Å². The van der Waals surface area contributed by atoms with E-state index in [1.54, 1.807) is 0 Å². The van der Waals surface area contributed by atoms with E-state index in [0.717, 1.165) is 12.1 Å². The average molecular weight is 314 g/mol. The van der Waals surface area contributed by atoms with Crippen molar-refractivity contribution in [1.29, 1.82) is 0 Å². The number of hydrogen-bond acceptors (Lipinski definition) is 2. The van der Waals surface area contributed by atoms with Crippen LogP contribution in [0.2, 0.25) is 0 Å². The fraction of sp³-hybridized carbons (Fsp3) is 0.579. The third kappa shape index (κ3) is 4.57. The monoisotopic (exact) mass is 314 g/mol. The lowest BCUT2D eigenvalue weighted by molar-refractivity contribution is -0.128. The Morgan fingerprint density at radius 3 is 2.61 bits per heavy atom. The smallest absolute Gasteiger partial charge is 0.224 e. The molecule has 1 aromatic carbocycles. The Morgan fingerprint density at radius 1 is 1.13 bits per heavy atom. The van der Waals surface area contributed by atoms with Gasteiger partial charge >= 0.3 is 0 Å². The van der Waals surface area contributed by atoms with E-state index in [0.29, 0.717) is 25.3 Å². The minimum absolute atomic E-state index is 0.00789. The minimum atomic E-state index is -0.0256. The summed E-state index contributed by atoms with van der Waals surface area (Å²) in [5.41, 5.74) is 1.01. The van der Waals surface area contributed by atoms with Crippen molar-refractivity contribution in [2.75, 3.05) is 13.1 Å². The average Bonchev–Trinajstić information content (AvgIpc) is 2.88. The Bertz CT molecular complexity index is 538. The van der Waals surface area contributed by atoms with E-state index in [4.69, 9.17) is 0 Å². The molecule has 1 aliphatic carbocycles. The predicted molar refractivity (Wildman–Crippen MR) is 89.8 cm³/mol. The van der Waals surface area contributed by atoms with Crippen LogP contribution in [0, 0.1) is 5.92 Å². The summed E-state index contributed by atoms with van der Waals surface area (Å²) in [4.78, 5) is 26.3. The number of amides is 2. The van der Waals surface area contributed by atoms with Crippen LogP contribution in [0.1, 0.15) is 44.1 Å². The van der Waals surface area contributed by atoms with Crippen molar-refractivity contribution in [3.8, 4) is 0 Å². The lowest BCUT2D eigenvalue weighted by Crippen LogP contribution is -2.39. The van der Waals surface area contributed by atoms with Gasteiger partial charge in [0.25, 0.3) is 0 Å². The molecule has 1 saturated heterocycles. The SMILES string of the molecule is O=C(Cc1ccccc1)NC1CC(=O)N(CC2CCCCC2)C1. The Hall–Kier alpha value is -1.84. The van der Waals surface area contributed by atoms with Gasteiger partial charge in [-0.2, -0.15) is 0 Å². The first-order valence-corrected chi connectivity index (χ1v) is 8.82. The minimum Gasteiger partial charge on any atom is -0.351 e. The highest BCUT2D eigenvalue weighted by molar-refractivity contribution is 5.83. The summed E-state index contributed by atoms with van der Waals surface area (Å²) in [5.74, 6) is 0.862. The van der Waals surface area contributed by atoms with Crippen molar-refractivity contribution in [2.24, 2.45) is 5.92 Å². The normalized spacial score (nSPS) is 22.3. The number of nitrogens with zero attached hydrogens (tertiary/aromatic N) is 1. The van der Waals surface area contributed by atoms with Crippen molar-refractivity contribution in [1.82, 2.24) is 10.2 Å². The topological polar surface area (TPSA) is 49.4 Å². The van der Waals surface area contributed by atoms with Crippen LogP contribution in [0.15, 0.2) is 30.3 Å². The molecule has 0 spiro atoms. The molecule has 0 bridgehead atoms. The number of nitrogens with one attached hydrogen (secondary N) is 1. The summed E-state index contributed by atoms with van der Waals surface area (Å²) >= 11 is 0. The van der Waals surface area contributed by atoms with Crippen LogP contribution in [0.3, 0.4) is 0 Å². The van der Waals surface area contributed by atoms with E-state index in [2.05, 4.69) is 5.32 Å². The molecule has 1 N–H and O–H groups in total. The molecule has 1 saturated carbocycles. The molecule has 1 aliphatic heterocycles. The van der Waals surface area contributed by atoms with Crippen molar-refractivity contribution in [2.45, 2.75) is 51.0 Å². The van der Waals surface area contributed by atoms with Gasteiger partial charge in [0.15, 0.2) is 0 Å². The number of benzene rings is 1. The fourth-order valence-corrected chi connectivity index (χ4v) is 3.79. The number of hydrogen-bond donors (Lipinski definition) is 1. The zero-order valence-corrected chi connectivity index (χ0v) is 13.7. The summed E-state index contributed by atoms with van der Waals surface area (Å²) in [6, 6.07) is 9.70. The van der Waals surface area contributed by atoms with Gasteiger partial charge < -0.3 is 10.2 Å². The molecule has 0 aromatic heterocycles. The molecule has 1 aromatic rings. The third-order valence-electron chi connectivity index (χ3n) is 4.99. The summed E-state index contributed by atoms with van der Waals surface area (Å²) in [7, 11) is 0. The molecule has 2 fully saturated rings. The first-order chi connectivity index (χ1) is 11.2. The summed E-state index contributed by atoms with van der Waals surface area (Å²) < 4.78 is 0. The molecule has 2 amide bonds. The second-order valence-electron chi connectivity index (χ2n) is 6.93. The Labute approximate surface area is 138 Å². The largest absolute Gasteiger partial charge is 0.351 e. The molecule has 124 valence electrons. The Balaban J connectivity index is 1.46. The van der Waals surface area contributed by atoms with Gasteiger partial charge in [0.2, 0.25) is 11.8 Å². The van der Waals surface area contributed by atoms with Crippen molar-refractivity contribution in [3.05, 3.63) is 35.9 Å². The first-order valence-electron chi connectivity index (χ1n) is 8.82. The van der Waals surface area contributed by atoms with Gasteiger partial charge in [-0.3, -0.25) is 9.59 Å². The van der Waals surface area contributed by atoms with Gasteiger partial charge in [0.05, 0.1) is 12.5 Å². The molecular formula is C19H26N2O2. The second-order valence-corrected chi connectivity index (χ2v) is 6.93. The van der Waals surface area contributed by atoms with Gasteiger partial charge in [-0.1, -0.05) is 49.6 Å². The van der Waals surface area contributed by atoms with E-state index >= 15 is 0 Å². The van der Waals surface area contributed by atoms with Crippen molar-refractivity contribution in [3.63, 3.8) is 0 Å². The maximum Gasteiger partial charge on any atom is 0.224 e. The predicted octanol–water partition coefficient (Wildman–Crippen LogP) is 2.53. The molecule has 3 rings (SSSR count). The zero-order chi connectivity index (χ0) is 16.1. The molecule has 0 radical (unpaired) electrons. The van der Waals surface area contributed by atoms with Crippen LogP contribution in [0.5, 0.6) is 0 Å². The van der Waals surface area contributed by atoms with E-state index < -0.39 is 0 Å². The maximum absolute atomic E-state index is 12.2. The summed E-state index contributed by atoms with van der Waals surface area (Å²) in [6.07, 6.45) is 7.25. The molecule has 4 nitrogen and oxygen atoms in total. The molecule has 2 aliphatic rings. The van der Waals surface area contributed by atoms with Gasteiger partial charge in [0, 0.05) is 19.5 Å². The molecule has 1 unspecified atom stereocenters.